The number of nitrogens with zero attached hydrogens (tertiary/aromatic N) is 1. The monoisotopic (exact) mass is 482 g/mol. The van der Waals surface area contributed by atoms with Gasteiger partial charge in [0.2, 0.25) is 0 Å². The van der Waals surface area contributed by atoms with Crippen molar-refractivity contribution in [2.75, 3.05) is 19.8 Å². The molecule has 0 aromatic heterocycles. The number of nitrogens with one attached hydrogen (secondary N) is 3. The Labute approximate surface area is 199 Å². The molecule has 2 aromatic rings. The van der Waals surface area contributed by atoms with Crippen LogP contribution in [0.3, 0.4) is 0 Å². The highest BCUT2D eigenvalue weighted by Gasteiger charge is 2.34. The minimum absolute atomic E-state index is 0.00405. The van der Waals surface area contributed by atoms with Gasteiger partial charge in [0, 0.05) is 17.7 Å². The van der Waals surface area contributed by atoms with E-state index in [4.69, 9.17) is 9.47 Å². The van der Waals surface area contributed by atoms with Crippen LogP contribution in [0.2, 0.25) is 0 Å². The molecule has 0 saturated carbocycles. The van der Waals surface area contributed by atoms with Crippen LogP contribution in [0.15, 0.2) is 65.9 Å². The second-order valence-corrected chi connectivity index (χ2v) is 7.21. The van der Waals surface area contributed by atoms with Crippen LogP contribution in [0, 0.1) is 10.1 Å². The van der Waals surface area contributed by atoms with Gasteiger partial charge < -0.3 is 25.4 Å². The molecule has 0 fully saturated rings. The van der Waals surface area contributed by atoms with E-state index in [1.807, 2.05) is 0 Å². The zero-order valence-electron chi connectivity index (χ0n) is 18.6. The van der Waals surface area contributed by atoms with Crippen LogP contribution in [-0.2, 0) is 19.1 Å². The molecule has 3 N–H and O–H groups in total. The van der Waals surface area contributed by atoms with E-state index in [0.717, 1.165) is 6.07 Å². The molecule has 1 heterocycles. The number of hydrogen-bond acceptors (Lipinski definition) is 8. The molecule has 1 aliphatic rings. The van der Waals surface area contributed by atoms with Gasteiger partial charge in [0.05, 0.1) is 28.8 Å². The maximum absolute atomic E-state index is 12.7. The summed E-state index contributed by atoms with van der Waals surface area (Å²) >= 11 is 0. The Kier molecular flexibility index (Phi) is 8.11. The Morgan fingerprint density at radius 3 is 2.51 bits per heavy atom. The van der Waals surface area contributed by atoms with Crippen molar-refractivity contribution in [2.24, 2.45) is 0 Å². The lowest BCUT2D eigenvalue weighted by molar-refractivity contribution is -0.384. The number of benzene rings is 2. The molecule has 2 aromatic carbocycles. The van der Waals surface area contributed by atoms with Crippen LogP contribution in [0.1, 0.15) is 28.9 Å². The number of rotatable bonds is 9. The first-order valence-corrected chi connectivity index (χ1v) is 10.5. The lowest BCUT2D eigenvalue weighted by Crippen LogP contribution is -2.47. The number of carbonyl (C=O) groups excluding carboxylic acids is 4. The molecular weight excluding hydrogens is 460 g/mol. The average Bonchev–Trinajstić information content (AvgIpc) is 2.86. The van der Waals surface area contributed by atoms with Crippen molar-refractivity contribution in [1.82, 2.24) is 16.0 Å². The zero-order valence-corrected chi connectivity index (χ0v) is 18.6. The van der Waals surface area contributed by atoms with Gasteiger partial charge in [-0.05, 0) is 18.6 Å². The van der Waals surface area contributed by atoms with Crippen molar-refractivity contribution in [3.63, 3.8) is 0 Å². The van der Waals surface area contributed by atoms with Crippen molar-refractivity contribution < 1.29 is 33.6 Å². The van der Waals surface area contributed by atoms with Crippen LogP contribution >= 0.6 is 0 Å². The van der Waals surface area contributed by atoms with Crippen molar-refractivity contribution >= 4 is 29.6 Å². The highest BCUT2D eigenvalue weighted by atomic mass is 16.6. The van der Waals surface area contributed by atoms with Crippen molar-refractivity contribution in [3.05, 3.63) is 87.1 Å². The largest absolute Gasteiger partial charge is 0.463 e. The lowest BCUT2D eigenvalue weighted by atomic mass is 9.95. The van der Waals surface area contributed by atoms with Gasteiger partial charge in [0.25, 0.3) is 11.6 Å². The summed E-state index contributed by atoms with van der Waals surface area (Å²) in [5, 5.41) is 18.3. The third-order valence-corrected chi connectivity index (χ3v) is 4.87. The minimum atomic E-state index is -0.858. The SMILES string of the molecule is CCOC(=O)C1=C(COC(=O)CNC(=O)c2cccc([N+](=O)[O-])c2)NC(=O)NC1c1ccccc1. The lowest BCUT2D eigenvalue weighted by Gasteiger charge is -2.29. The summed E-state index contributed by atoms with van der Waals surface area (Å²) in [6.07, 6.45) is 0. The molecule has 1 atom stereocenters. The second kappa shape index (κ2) is 11.4. The van der Waals surface area contributed by atoms with Crippen molar-refractivity contribution in [2.45, 2.75) is 13.0 Å². The number of ether oxygens (including phenoxy) is 2. The van der Waals surface area contributed by atoms with E-state index in [2.05, 4.69) is 16.0 Å². The number of non-ortho nitro benzene ring substituents is 1. The number of hydrogen-bond donors (Lipinski definition) is 3. The molecule has 35 heavy (non-hydrogen) atoms. The summed E-state index contributed by atoms with van der Waals surface area (Å²) in [4.78, 5) is 59.5. The van der Waals surface area contributed by atoms with Gasteiger partial charge in [-0.25, -0.2) is 9.59 Å². The Bertz CT molecular complexity index is 1180. The molecule has 0 spiro atoms. The highest BCUT2D eigenvalue weighted by molar-refractivity contribution is 5.97. The quantitative estimate of drug-likeness (QED) is 0.276. The maximum atomic E-state index is 12.7. The number of carbonyl (C=O) groups is 4. The summed E-state index contributed by atoms with van der Waals surface area (Å²) in [5.41, 5.74) is 0.466. The molecule has 12 nitrogen and oxygen atoms in total. The summed E-state index contributed by atoms with van der Waals surface area (Å²) in [6, 6.07) is 12.3. The fourth-order valence-corrected chi connectivity index (χ4v) is 3.30. The van der Waals surface area contributed by atoms with Crippen LogP contribution in [0.5, 0.6) is 0 Å². The Morgan fingerprint density at radius 2 is 1.83 bits per heavy atom. The van der Waals surface area contributed by atoms with Crippen LogP contribution in [0.4, 0.5) is 10.5 Å². The van der Waals surface area contributed by atoms with Gasteiger partial charge in [0.15, 0.2) is 0 Å². The fourth-order valence-electron chi connectivity index (χ4n) is 3.30. The summed E-state index contributed by atoms with van der Waals surface area (Å²) in [7, 11) is 0. The number of esters is 2. The molecule has 0 radical (unpaired) electrons. The molecule has 0 bridgehead atoms. The number of amides is 3. The zero-order chi connectivity index (χ0) is 25.4. The third kappa shape index (κ3) is 6.41. The first-order chi connectivity index (χ1) is 16.8. The van der Waals surface area contributed by atoms with E-state index >= 15 is 0 Å². The first kappa shape index (κ1) is 24.9. The third-order valence-electron chi connectivity index (χ3n) is 4.87. The standard InChI is InChI=1S/C23H22N4O8/c1-2-34-22(30)19-17(25-23(31)26-20(19)14-7-4-3-5-8-14)13-35-18(28)12-24-21(29)15-9-6-10-16(11-15)27(32)33/h3-11,20H,2,12-13H2,1H3,(H,24,29)(H2,25,26,31). The topological polar surface area (TPSA) is 166 Å². The van der Waals surface area contributed by atoms with E-state index in [1.54, 1.807) is 37.3 Å². The van der Waals surface area contributed by atoms with Crippen LogP contribution in [0.25, 0.3) is 0 Å². The number of nitro groups is 1. The summed E-state index contributed by atoms with van der Waals surface area (Å²) in [5.74, 6) is -2.27. The molecule has 12 heteroatoms. The van der Waals surface area contributed by atoms with E-state index in [0.29, 0.717) is 5.56 Å². The molecule has 0 aliphatic carbocycles. The molecule has 1 unspecified atom stereocenters. The predicted octanol–water partition coefficient (Wildman–Crippen LogP) is 1.74. The fraction of sp³-hybridized carbons (Fsp3) is 0.217. The van der Waals surface area contributed by atoms with Crippen LogP contribution in [-0.4, -0.2) is 48.6 Å². The highest BCUT2D eigenvalue weighted by Crippen LogP contribution is 2.27. The molecule has 1 aliphatic heterocycles. The average molecular weight is 482 g/mol. The molecule has 3 amide bonds. The predicted molar refractivity (Wildman–Crippen MR) is 121 cm³/mol. The summed E-state index contributed by atoms with van der Waals surface area (Å²) < 4.78 is 10.3. The van der Waals surface area contributed by atoms with E-state index < -0.39 is 48.0 Å². The van der Waals surface area contributed by atoms with E-state index in [-0.39, 0.29) is 29.1 Å². The van der Waals surface area contributed by atoms with Gasteiger partial charge >= 0.3 is 18.0 Å². The number of nitro benzene ring substituents is 1. The normalized spacial score (nSPS) is 14.9. The Balaban J connectivity index is 1.70. The van der Waals surface area contributed by atoms with Gasteiger partial charge in [-0.1, -0.05) is 36.4 Å². The van der Waals surface area contributed by atoms with Gasteiger partial charge in [0.1, 0.15) is 13.2 Å². The Hall–Kier alpha value is -4.74. The smallest absolute Gasteiger partial charge is 0.338 e. The van der Waals surface area contributed by atoms with Gasteiger partial charge in [-0.2, -0.15) is 0 Å². The van der Waals surface area contributed by atoms with E-state index in [1.165, 1.54) is 18.2 Å². The molecule has 182 valence electrons. The van der Waals surface area contributed by atoms with E-state index in [9.17, 15) is 29.3 Å². The second-order valence-electron chi connectivity index (χ2n) is 7.21. The first-order valence-electron chi connectivity index (χ1n) is 10.5. The van der Waals surface area contributed by atoms with Gasteiger partial charge in [-0.15, -0.1) is 0 Å². The molecule has 0 saturated heterocycles. The maximum Gasteiger partial charge on any atom is 0.338 e. The van der Waals surface area contributed by atoms with Crippen molar-refractivity contribution in [3.8, 4) is 0 Å². The number of urea groups is 1. The molecular formula is C23H22N4O8. The molecule has 3 rings (SSSR count). The summed E-state index contributed by atoms with van der Waals surface area (Å²) in [6.45, 7) is 0.720. The van der Waals surface area contributed by atoms with Gasteiger partial charge in [-0.3, -0.25) is 19.7 Å². The minimum Gasteiger partial charge on any atom is -0.463 e. The van der Waals surface area contributed by atoms with Crippen LogP contribution < -0.4 is 16.0 Å². The Morgan fingerprint density at radius 1 is 1.09 bits per heavy atom. The van der Waals surface area contributed by atoms with Crippen molar-refractivity contribution in [1.29, 1.82) is 0 Å².